The molecule has 0 bridgehead atoms. The average Bonchev–Trinajstić information content (AvgIpc) is 2.80. The molecule has 2 aromatic carbocycles. The SMILES string of the molecule is N#Cc1cn(Cc2ccc(Br)cc2)c2ccccc12. The Morgan fingerprint density at radius 3 is 2.53 bits per heavy atom. The Kier molecular flexibility index (Phi) is 3.10. The van der Waals surface area contributed by atoms with E-state index < -0.39 is 0 Å². The first-order chi connectivity index (χ1) is 9.28. The lowest BCUT2D eigenvalue weighted by Gasteiger charge is -2.05. The van der Waals surface area contributed by atoms with E-state index in [0.29, 0.717) is 0 Å². The standard InChI is InChI=1S/C16H11BrN2/c17-14-7-5-12(6-8-14)10-19-11-13(9-18)15-3-1-2-4-16(15)19/h1-8,11H,10H2. The van der Waals surface area contributed by atoms with Crippen LogP contribution in [0.25, 0.3) is 10.9 Å². The van der Waals surface area contributed by atoms with Crippen LogP contribution in [0, 0.1) is 11.3 Å². The van der Waals surface area contributed by atoms with Crippen LogP contribution in [-0.2, 0) is 6.54 Å². The van der Waals surface area contributed by atoms with Gasteiger partial charge >= 0.3 is 0 Å². The second kappa shape index (κ2) is 4.91. The average molecular weight is 311 g/mol. The third kappa shape index (κ3) is 2.27. The molecule has 0 atom stereocenters. The van der Waals surface area contributed by atoms with Gasteiger partial charge in [-0.25, -0.2) is 0 Å². The number of benzene rings is 2. The molecule has 0 aliphatic rings. The Bertz CT molecular complexity index is 764. The van der Waals surface area contributed by atoms with Gasteiger partial charge in [-0.3, -0.25) is 0 Å². The summed E-state index contributed by atoms with van der Waals surface area (Å²) in [5.74, 6) is 0. The predicted molar refractivity (Wildman–Crippen MR) is 79.9 cm³/mol. The quantitative estimate of drug-likeness (QED) is 0.693. The minimum Gasteiger partial charge on any atom is -0.342 e. The molecule has 2 nitrogen and oxygen atoms in total. The lowest BCUT2D eigenvalue weighted by Crippen LogP contribution is -1.97. The van der Waals surface area contributed by atoms with Gasteiger partial charge in [0.1, 0.15) is 6.07 Å². The summed E-state index contributed by atoms with van der Waals surface area (Å²) in [5.41, 5.74) is 3.04. The summed E-state index contributed by atoms with van der Waals surface area (Å²) < 4.78 is 3.20. The molecular weight excluding hydrogens is 300 g/mol. The van der Waals surface area contributed by atoms with Gasteiger partial charge in [-0.1, -0.05) is 46.3 Å². The first kappa shape index (κ1) is 12.0. The number of aromatic nitrogens is 1. The zero-order valence-electron chi connectivity index (χ0n) is 10.2. The van der Waals surface area contributed by atoms with E-state index in [4.69, 9.17) is 0 Å². The molecule has 92 valence electrons. The van der Waals surface area contributed by atoms with Crippen molar-refractivity contribution >= 4 is 26.8 Å². The second-order valence-electron chi connectivity index (χ2n) is 4.43. The molecule has 0 fully saturated rings. The van der Waals surface area contributed by atoms with Gasteiger partial charge in [-0.15, -0.1) is 0 Å². The normalized spacial score (nSPS) is 10.5. The third-order valence-corrected chi connectivity index (χ3v) is 3.70. The monoisotopic (exact) mass is 310 g/mol. The Hall–Kier alpha value is -2.05. The number of rotatable bonds is 2. The molecule has 0 amide bonds. The molecule has 0 radical (unpaired) electrons. The summed E-state index contributed by atoms with van der Waals surface area (Å²) in [7, 11) is 0. The number of nitrogens with zero attached hydrogens (tertiary/aromatic N) is 2. The van der Waals surface area contributed by atoms with Crippen molar-refractivity contribution < 1.29 is 0 Å². The lowest BCUT2D eigenvalue weighted by atomic mass is 10.2. The van der Waals surface area contributed by atoms with Crippen LogP contribution in [0.5, 0.6) is 0 Å². The molecule has 0 saturated carbocycles. The van der Waals surface area contributed by atoms with Crippen LogP contribution in [0.1, 0.15) is 11.1 Å². The Morgan fingerprint density at radius 1 is 1.05 bits per heavy atom. The van der Waals surface area contributed by atoms with Crippen LogP contribution in [0.4, 0.5) is 0 Å². The van der Waals surface area contributed by atoms with Crippen LogP contribution in [0.2, 0.25) is 0 Å². The van der Waals surface area contributed by atoms with Gasteiger partial charge < -0.3 is 4.57 Å². The fourth-order valence-corrected chi connectivity index (χ4v) is 2.52. The molecule has 3 aromatic rings. The molecule has 0 aliphatic carbocycles. The zero-order valence-corrected chi connectivity index (χ0v) is 11.8. The smallest absolute Gasteiger partial charge is 0.101 e. The highest BCUT2D eigenvalue weighted by Gasteiger charge is 2.07. The molecule has 3 heteroatoms. The summed E-state index contributed by atoms with van der Waals surface area (Å²) in [4.78, 5) is 0. The van der Waals surface area contributed by atoms with E-state index in [1.165, 1.54) is 5.56 Å². The first-order valence-corrected chi connectivity index (χ1v) is 6.79. The maximum Gasteiger partial charge on any atom is 0.101 e. The molecule has 0 spiro atoms. The fourth-order valence-electron chi connectivity index (χ4n) is 2.25. The van der Waals surface area contributed by atoms with E-state index in [-0.39, 0.29) is 0 Å². The van der Waals surface area contributed by atoms with Crippen molar-refractivity contribution in [2.24, 2.45) is 0 Å². The molecular formula is C16H11BrN2. The third-order valence-electron chi connectivity index (χ3n) is 3.18. The first-order valence-electron chi connectivity index (χ1n) is 6.00. The zero-order chi connectivity index (χ0) is 13.2. The lowest BCUT2D eigenvalue weighted by molar-refractivity contribution is 0.835. The van der Waals surface area contributed by atoms with Crippen molar-refractivity contribution in [1.82, 2.24) is 4.57 Å². The van der Waals surface area contributed by atoms with Crippen molar-refractivity contribution in [1.29, 1.82) is 5.26 Å². The predicted octanol–water partition coefficient (Wildman–Crippen LogP) is 4.32. The minimum absolute atomic E-state index is 0.729. The van der Waals surface area contributed by atoms with Crippen LogP contribution in [0.3, 0.4) is 0 Å². The van der Waals surface area contributed by atoms with E-state index >= 15 is 0 Å². The van der Waals surface area contributed by atoms with Gasteiger partial charge in [0.25, 0.3) is 0 Å². The number of hydrogen-bond acceptors (Lipinski definition) is 1. The number of para-hydroxylation sites is 1. The van der Waals surface area contributed by atoms with Gasteiger partial charge in [0, 0.05) is 28.1 Å². The fraction of sp³-hybridized carbons (Fsp3) is 0.0625. The number of halogens is 1. The van der Waals surface area contributed by atoms with Crippen LogP contribution < -0.4 is 0 Å². The Balaban J connectivity index is 2.06. The number of hydrogen-bond donors (Lipinski definition) is 0. The van der Waals surface area contributed by atoms with E-state index in [9.17, 15) is 5.26 Å². The second-order valence-corrected chi connectivity index (χ2v) is 5.34. The molecule has 19 heavy (non-hydrogen) atoms. The summed E-state index contributed by atoms with van der Waals surface area (Å²) >= 11 is 3.44. The van der Waals surface area contributed by atoms with Crippen molar-refractivity contribution in [3.05, 3.63) is 70.3 Å². The summed E-state index contributed by atoms with van der Waals surface area (Å²) in [5, 5.41) is 10.2. The highest BCUT2D eigenvalue weighted by atomic mass is 79.9. The maximum atomic E-state index is 9.18. The molecule has 1 heterocycles. The Morgan fingerprint density at radius 2 is 1.79 bits per heavy atom. The van der Waals surface area contributed by atoms with Crippen molar-refractivity contribution in [3.8, 4) is 6.07 Å². The summed E-state index contributed by atoms with van der Waals surface area (Å²) in [6.07, 6.45) is 1.92. The van der Waals surface area contributed by atoms with E-state index in [1.54, 1.807) is 0 Å². The van der Waals surface area contributed by atoms with Gasteiger partial charge in [0.15, 0.2) is 0 Å². The summed E-state index contributed by atoms with van der Waals surface area (Å²) in [6.45, 7) is 0.773. The van der Waals surface area contributed by atoms with Gasteiger partial charge in [-0.05, 0) is 23.8 Å². The highest BCUT2D eigenvalue weighted by Crippen LogP contribution is 2.22. The molecule has 1 aromatic heterocycles. The minimum atomic E-state index is 0.729. The maximum absolute atomic E-state index is 9.18. The molecule has 3 rings (SSSR count). The summed E-state index contributed by atoms with van der Waals surface area (Å²) in [6, 6.07) is 18.5. The van der Waals surface area contributed by atoms with E-state index in [2.05, 4.69) is 44.8 Å². The van der Waals surface area contributed by atoms with Gasteiger partial charge in [0.2, 0.25) is 0 Å². The van der Waals surface area contributed by atoms with Crippen LogP contribution >= 0.6 is 15.9 Å². The van der Waals surface area contributed by atoms with Gasteiger partial charge in [-0.2, -0.15) is 5.26 Å². The van der Waals surface area contributed by atoms with Gasteiger partial charge in [0.05, 0.1) is 5.56 Å². The Labute approximate surface area is 120 Å². The number of nitriles is 1. The molecule has 0 aliphatic heterocycles. The molecule has 0 saturated heterocycles. The van der Waals surface area contributed by atoms with E-state index in [1.807, 2.05) is 36.5 Å². The topological polar surface area (TPSA) is 28.7 Å². The van der Waals surface area contributed by atoms with E-state index in [0.717, 1.165) is 27.5 Å². The largest absolute Gasteiger partial charge is 0.342 e. The van der Waals surface area contributed by atoms with Crippen molar-refractivity contribution in [2.45, 2.75) is 6.54 Å². The molecule has 0 unspecified atom stereocenters. The van der Waals surface area contributed by atoms with Crippen LogP contribution in [-0.4, -0.2) is 4.57 Å². The number of fused-ring (bicyclic) bond motifs is 1. The van der Waals surface area contributed by atoms with Crippen molar-refractivity contribution in [2.75, 3.05) is 0 Å². The highest BCUT2D eigenvalue weighted by molar-refractivity contribution is 9.10. The van der Waals surface area contributed by atoms with Crippen LogP contribution in [0.15, 0.2) is 59.2 Å². The molecule has 0 N–H and O–H groups in total. The van der Waals surface area contributed by atoms with Crippen molar-refractivity contribution in [3.63, 3.8) is 0 Å².